The summed E-state index contributed by atoms with van der Waals surface area (Å²) in [5.41, 5.74) is 1.53. The van der Waals surface area contributed by atoms with Gasteiger partial charge in [0, 0.05) is 24.9 Å². The fourth-order valence-corrected chi connectivity index (χ4v) is 4.14. The Bertz CT molecular complexity index is 1200. The van der Waals surface area contributed by atoms with Gasteiger partial charge in [0.2, 0.25) is 0 Å². The number of halogens is 2. The van der Waals surface area contributed by atoms with Crippen LogP contribution in [0.2, 0.25) is 5.02 Å². The Balaban J connectivity index is 1.67. The van der Waals surface area contributed by atoms with Gasteiger partial charge in [0.1, 0.15) is 5.82 Å². The van der Waals surface area contributed by atoms with Gasteiger partial charge < -0.3 is 20.7 Å². The first-order valence-corrected chi connectivity index (χ1v) is 11.0. The van der Waals surface area contributed by atoms with E-state index in [1.165, 1.54) is 37.4 Å². The molecule has 0 atom stereocenters. The molecule has 0 unspecified atom stereocenters. The van der Waals surface area contributed by atoms with Crippen LogP contribution < -0.4 is 16.0 Å². The van der Waals surface area contributed by atoms with Crippen LogP contribution in [0.15, 0.2) is 48.5 Å². The second kappa shape index (κ2) is 11.0. The number of ether oxygens (including phenoxy) is 1. The van der Waals surface area contributed by atoms with Crippen LogP contribution in [-0.4, -0.2) is 38.0 Å². The quantitative estimate of drug-likeness (QED) is 0.398. The first-order valence-electron chi connectivity index (χ1n) is 9.84. The zero-order valence-corrected chi connectivity index (χ0v) is 19.4. The molecule has 3 amide bonds. The average Bonchev–Trinajstić information content (AvgIpc) is 3.14. The highest BCUT2D eigenvalue weighted by molar-refractivity contribution is 7.18. The summed E-state index contributed by atoms with van der Waals surface area (Å²) in [4.78, 5) is 37.6. The largest absolute Gasteiger partial charge is 0.383 e. The van der Waals surface area contributed by atoms with E-state index < -0.39 is 17.6 Å². The predicted molar refractivity (Wildman–Crippen MR) is 127 cm³/mol. The van der Waals surface area contributed by atoms with Gasteiger partial charge in [-0.3, -0.25) is 14.4 Å². The standard InChI is InChI=1S/C23H21ClFN3O4S/c1-13-10-19(28-21(29)14-4-3-5-15(25)11-14)33-20(13)23(31)27-16-6-7-17(18(24)12-16)22(30)26-8-9-32-2/h3-7,10-12H,8-9H2,1-2H3,(H,26,30)(H,27,31)(H,28,29). The molecule has 0 aliphatic rings. The lowest BCUT2D eigenvalue weighted by molar-refractivity contribution is 0.0936. The number of carbonyl (C=O) groups excluding carboxylic acids is 3. The van der Waals surface area contributed by atoms with Gasteiger partial charge in [0.05, 0.1) is 27.1 Å². The molecule has 0 aliphatic heterocycles. The molecule has 1 heterocycles. The van der Waals surface area contributed by atoms with E-state index in [1.54, 1.807) is 19.1 Å². The molecule has 0 saturated heterocycles. The number of hydrogen-bond acceptors (Lipinski definition) is 5. The van der Waals surface area contributed by atoms with Gasteiger partial charge in [-0.1, -0.05) is 17.7 Å². The molecule has 7 nitrogen and oxygen atoms in total. The Labute approximate surface area is 198 Å². The Kier molecular flexibility index (Phi) is 8.16. The molecular weight excluding hydrogens is 469 g/mol. The number of thiophene rings is 1. The molecule has 3 N–H and O–H groups in total. The lowest BCUT2D eigenvalue weighted by Crippen LogP contribution is -2.27. The third-order valence-electron chi connectivity index (χ3n) is 4.51. The van der Waals surface area contributed by atoms with Crippen LogP contribution in [0.1, 0.15) is 36.0 Å². The van der Waals surface area contributed by atoms with Crippen LogP contribution in [0.3, 0.4) is 0 Å². The molecular formula is C23H21ClFN3O4S. The molecule has 172 valence electrons. The van der Waals surface area contributed by atoms with Gasteiger partial charge in [-0.05, 0) is 55.0 Å². The van der Waals surface area contributed by atoms with Crippen molar-refractivity contribution >= 4 is 51.3 Å². The van der Waals surface area contributed by atoms with E-state index in [9.17, 15) is 18.8 Å². The molecule has 0 spiro atoms. The highest BCUT2D eigenvalue weighted by Crippen LogP contribution is 2.29. The average molecular weight is 490 g/mol. The van der Waals surface area contributed by atoms with Gasteiger partial charge in [0.15, 0.2) is 0 Å². The molecule has 10 heteroatoms. The molecule has 3 rings (SSSR count). The number of anilines is 2. The van der Waals surface area contributed by atoms with Crippen molar-refractivity contribution in [2.75, 3.05) is 30.9 Å². The van der Waals surface area contributed by atoms with Crippen LogP contribution in [0.4, 0.5) is 15.1 Å². The van der Waals surface area contributed by atoms with Gasteiger partial charge in [0.25, 0.3) is 17.7 Å². The van der Waals surface area contributed by atoms with E-state index in [0.717, 1.165) is 17.4 Å². The molecule has 0 fully saturated rings. The molecule has 1 aromatic heterocycles. The number of methoxy groups -OCH3 is 1. The first-order chi connectivity index (χ1) is 15.8. The maximum atomic E-state index is 13.3. The summed E-state index contributed by atoms with van der Waals surface area (Å²) >= 11 is 7.30. The number of rotatable bonds is 8. The number of amides is 3. The Morgan fingerprint density at radius 2 is 1.82 bits per heavy atom. The summed E-state index contributed by atoms with van der Waals surface area (Å²) in [6.45, 7) is 2.46. The van der Waals surface area contributed by atoms with E-state index >= 15 is 0 Å². The normalized spacial score (nSPS) is 10.5. The summed E-state index contributed by atoms with van der Waals surface area (Å²) in [6.07, 6.45) is 0. The number of benzene rings is 2. The summed E-state index contributed by atoms with van der Waals surface area (Å²) in [7, 11) is 1.53. The first kappa shape index (κ1) is 24.4. The summed E-state index contributed by atoms with van der Waals surface area (Å²) < 4.78 is 18.2. The monoisotopic (exact) mass is 489 g/mol. The zero-order chi connectivity index (χ0) is 24.0. The predicted octanol–water partition coefficient (Wildman–Crippen LogP) is 4.73. The molecule has 33 heavy (non-hydrogen) atoms. The summed E-state index contributed by atoms with van der Waals surface area (Å²) in [5, 5.41) is 8.73. The lowest BCUT2D eigenvalue weighted by Gasteiger charge is -2.09. The van der Waals surface area contributed by atoms with Crippen LogP contribution in [0, 0.1) is 12.7 Å². The van der Waals surface area contributed by atoms with E-state index in [-0.39, 0.29) is 22.1 Å². The number of nitrogens with one attached hydrogen (secondary N) is 3. The maximum absolute atomic E-state index is 13.3. The smallest absolute Gasteiger partial charge is 0.266 e. The molecule has 3 aromatic rings. The molecule has 0 bridgehead atoms. The molecule has 0 aliphatic carbocycles. The fraction of sp³-hybridized carbons (Fsp3) is 0.174. The minimum atomic E-state index is -0.512. The van der Waals surface area contributed by atoms with Crippen LogP contribution >= 0.6 is 22.9 Å². The van der Waals surface area contributed by atoms with Crippen LogP contribution in [0.5, 0.6) is 0 Å². The van der Waals surface area contributed by atoms with Gasteiger partial charge in [-0.2, -0.15) is 0 Å². The van der Waals surface area contributed by atoms with Crippen LogP contribution in [-0.2, 0) is 4.74 Å². The third-order valence-corrected chi connectivity index (χ3v) is 5.97. The minimum Gasteiger partial charge on any atom is -0.383 e. The number of aryl methyl sites for hydroxylation is 1. The summed E-state index contributed by atoms with van der Waals surface area (Å²) in [6, 6.07) is 11.6. The number of carbonyl (C=O) groups is 3. The minimum absolute atomic E-state index is 0.174. The van der Waals surface area contributed by atoms with Crippen molar-refractivity contribution in [1.29, 1.82) is 0 Å². The maximum Gasteiger partial charge on any atom is 0.266 e. The second-order valence-electron chi connectivity index (χ2n) is 6.98. The van der Waals surface area contributed by atoms with Crippen molar-refractivity contribution in [2.45, 2.75) is 6.92 Å². The van der Waals surface area contributed by atoms with Gasteiger partial charge in [-0.15, -0.1) is 11.3 Å². The highest BCUT2D eigenvalue weighted by atomic mass is 35.5. The van der Waals surface area contributed by atoms with Gasteiger partial charge >= 0.3 is 0 Å². The van der Waals surface area contributed by atoms with Crippen LogP contribution in [0.25, 0.3) is 0 Å². The van der Waals surface area contributed by atoms with E-state index in [0.29, 0.717) is 34.3 Å². The topological polar surface area (TPSA) is 96.5 Å². The fourth-order valence-electron chi connectivity index (χ4n) is 2.91. The Morgan fingerprint density at radius 3 is 2.52 bits per heavy atom. The van der Waals surface area contributed by atoms with Gasteiger partial charge in [-0.25, -0.2) is 4.39 Å². The lowest BCUT2D eigenvalue weighted by atomic mass is 10.2. The second-order valence-corrected chi connectivity index (χ2v) is 8.44. The van der Waals surface area contributed by atoms with Crippen molar-refractivity contribution in [3.63, 3.8) is 0 Å². The Morgan fingerprint density at radius 1 is 1.03 bits per heavy atom. The van der Waals surface area contributed by atoms with Crippen molar-refractivity contribution in [3.8, 4) is 0 Å². The van der Waals surface area contributed by atoms with Crippen molar-refractivity contribution in [3.05, 3.63) is 80.9 Å². The third kappa shape index (κ3) is 6.38. The van der Waals surface area contributed by atoms with E-state index in [4.69, 9.17) is 16.3 Å². The van der Waals surface area contributed by atoms with Crippen molar-refractivity contribution in [1.82, 2.24) is 5.32 Å². The summed E-state index contributed by atoms with van der Waals surface area (Å²) in [5.74, 6) is -1.73. The highest BCUT2D eigenvalue weighted by Gasteiger charge is 2.17. The van der Waals surface area contributed by atoms with Crippen molar-refractivity contribution < 1.29 is 23.5 Å². The molecule has 0 radical (unpaired) electrons. The molecule has 2 aromatic carbocycles. The van der Waals surface area contributed by atoms with E-state index in [2.05, 4.69) is 16.0 Å². The van der Waals surface area contributed by atoms with Crippen molar-refractivity contribution in [2.24, 2.45) is 0 Å². The SMILES string of the molecule is COCCNC(=O)c1ccc(NC(=O)c2sc(NC(=O)c3cccc(F)c3)cc2C)cc1Cl. The molecule has 0 saturated carbocycles. The Hall–Kier alpha value is -3.27. The van der Waals surface area contributed by atoms with E-state index in [1.807, 2.05) is 0 Å². The number of hydrogen-bond donors (Lipinski definition) is 3. The zero-order valence-electron chi connectivity index (χ0n) is 17.8.